The molecule has 1 aromatic carbocycles. The highest BCUT2D eigenvalue weighted by atomic mass is 28.3. The molecule has 45 heavy (non-hydrogen) atoms. The number of nitrogens with one attached hydrogen (secondary N) is 1. The second kappa shape index (κ2) is 13.4. The molecule has 0 spiro atoms. The summed E-state index contributed by atoms with van der Waals surface area (Å²) in [5.41, 5.74) is 1.69. The standard InChI is InChI=1S/C32H44FN7O4Si/c1-32(2,3)44-31(41)36-21-14-22(16-23(15-21)42-4)40-28-17-26(29-35-19-39(38-29)20-43-12-13-45(5,6)7)34-18-27(28)37-30(40)24-10-8-9-11-25(24)33/h8-11,17-19,21-23H,12-16,20H2,1-7H3,(H,36,41)/t21-,22+,23+/m1/s1. The van der Waals surface area contributed by atoms with Gasteiger partial charge in [-0.15, -0.1) is 5.10 Å². The number of halogens is 1. The Balaban J connectivity index is 1.49. The third kappa shape index (κ3) is 8.33. The minimum Gasteiger partial charge on any atom is -0.444 e. The minimum atomic E-state index is -1.19. The average Bonchev–Trinajstić information content (AvgIpc) is 3.58. The summed E-state index contributed by atoms with van der Waals surface area (Å²) in [6.07, 6.45) is 4.53. The van der Waals surface area contributed by atoms with Gasteiger partial charge in [0.05, 0.1) is 23.4 Å². The summed E-state index contributed by atoms with van der Waals surface area (Å²) in [7, 11) is 0.476. The Morgan fingerprint density at radius 1 is 1.13 bits per heavy atom. The number of benzene rings is 1. The number of rotatable bonds is 10. The van der Waals surface area contributed by atoms with Gasteiger partial charge < -0.3 is 24.1 Å². The number of fused-ring (bicyclic) bond motifs is 1. The second-order valence-corrected chi connectivity index (χ2v) is 19.5. The normalized spacial score (nSPS) is 19.2. The molecule has 3 heterocycles. The number of nitrogens with zero attached hydrogens (tertiary/aromatic N) is 6. The zero-order valence-corrected chi connectivity index (χ0v) is 28.2. The molecule has 4 aromatic rings. The molecule has 1 N–H and O–H groups in total. The number of aromatic nitrogens is 6. The zero-order chi connectivity index (χ0) is 32.4. The van der Waals surface area contributed by atoms with E-state index in [2.05, 4.69) is 40.0 Å². The van der Waals surface area contributed by atoms with Crippen molar-refractivity contribution < 1.29 is 23.4 Å². The lowest BCUT2D eigenvalue weighted by Crippen LogP contribution is -2.45. The van der Waals surface area contributed by atoms with E-state index in [4.69, 9.17) is 19.2 Å². The largest absolute Gasteiger partial charge is 0.444 e. The fourth-order valence-electron chi connectivity index (χ4n) is 5.57. The molecule has 1 amide bonds. The van der Waals surface area contributed by atoms with Gasteiger partial charge in [-0.25, -0.2) is 23.8 Å². The maximum atomic E-state index is 15.2. The van der Waals surface area contributed by atoms with Crippen LogP contribution in [0.3, 0.4) is 0 Å². The molecule has 0 bridgehead atoms. The summed E-state index contributed by atoms with van der Waals surface area (Å²) < 4.78 is 36.1. The Bertz CT molecular complexity index is 1630. The van der Waals surface area contributed by atoms with Gasteiger partial charge in [0.2, 0.25) is 0 Å². The topological polar surface area (TPSA) is 118 Å². The van der Waals surface area contributed by atoms with Crippen molar-refractivity contribution in [1.82, 2.24) is 34.6 Å². The van der Waals surface area contributed by atoms with Gasteiger partial charge in [-0.05, 0) is 64.3 Å². The van der Waals surface area contributed by atoms with Crippen molar-refractivity contribution in [2.45, 2.75) is 96.2 Å². The fraction of sp³-hybridized carbons (Fsp3) is 0.531. The number of hydrogen-bond acceptors (Lipinski definition) is 8. The van der Waals surface area contributed by atoms with E-state index in [9.17, 15) is 4.79 Å². The number of amides is 1. The molecule has 5 rings (SSSR count). The lowest BCUT2D eigenvalue weighted by atomic mass is 9.88. The molecule has 0 unspecified atom stereocenters. The summed E-state index contributed by atoms with van der Waals surface area (Å²) >= 11 is 0. The highest BCUT2D eigenvalue weighted by molar-refractivity contribution is 6.76. The van der Waals surface area contributed by atoms with Crippen LogP contribution in [0.15, 0.2) is 42.9 Å². The van der Waals surface area contributed by atoms with E-state index >= 15 is 4.39 Å². The van der Waals surface area contributed by atoms with Gasteiger partial charge in [0.25, 0.3) is 0 Å². The first kappa shape index (κ1) is 32.7. The van der Waals surface area contributed by atoms with Crippen LogP contribution in [-0.4, -0.2) is 74.9 Å². The van der Waals surface area contributed by atoms with Crippen LogP contribution in [0.1, 0.15) is 46.1 Å². The van der Waals surface area contributed by atoms with Crippen molar-refractivity contribution in [3.8, 4) is 22.9 Å². The summed E-state index contributed by atoms with van der Waals surface area (Å²) in [5.74, 6) is 0.558. The van der Waals surface area contributed by atoms with Gasteiger partial charge in [0, 0.05) is 33.9 Å². The van der Waals surface area contributed by atoms with Crippen molar-refractivity contribution >= 4 is 25.2 Å². The van der Waals surface area contributed by atoms with E-state index in [0.717, 1.165) is 11.6 Å². The average molecular weight is 638 g/mol. The lowest BCUT2D eigenvalue weighted by molar-refractivity contribution is 0.0277. The van der Waals surface area contributed by atoms with E-state index in [1.165, 1.54) is 6.07 Å². The molecule has 242 valence electrons. The van der Waals surface area contributed by atoms with Crippen LogP contribution in [0, 0.1) is 5.82 Å². The SMILES string of the molecule is CO[C@H]1C[C@H](NC(=O)OC(C)(C)C)C[C@H](n2c(-c3ccccc3F)nc3cnc(-c4ncn(COCC[Si](C)(C)C)n4)cc32)C1. The van der Waals surface area contributed by atoms with Crippen LogP contribution in [0.2, 0.25) is 25.7 Å². The zero-order valence-electron chi connectivity index (χ0n) is 27.2. The Kier molecular flexibility index (Phi) is 9.70. The second-order valence-electron chi connectivity index (χ2n) is 13.9. The van der Waals surface area contributed by atoms with Crippen molar-refractivity contribution in [3.05, 3.63) is 48.7 Å². The van der Waals surface area contributed by atoms with Crippen LogP contribution < -0.4 is 5.32 Å². The fourth-order valence-corrected chi connectivity index (χ4v) is 6.32. The number of methoxy groups -OCH3 is 1. The maximum Gasteiger partial charge on any atom is 0.407 e. The third-order valence-electron chi connectivity index (χ3n) is 7.73. The number of pyridine rings is 1. The smallest absolute Gasteiger partial charge is 0.407 e. The quantitative estimate of drug-likeness (QED) is 0.156. The predicted molar refractivity (Wildman–Crippen MR) is 173 cm³/mol. The highest BCUT2D eigenvalue weighted by Crippen LogP contribution is 2.38. The molecule has 0 aliphatic heterocycles. The molecule has 1 aliphatic carbocycles. The molecule has 1 saturated carbocycles. The summed E-state index contributed by atoms with van der Waals surface area (Å²) in [6, 6.07) is 9.16. The first-order chi connectivity index (χ1) is 21.3. The minimum absolute atomic E-state index is 0.144. The van der Waals surface area contributed by atoms with Gasteiger partial charge in [0.1, 0.15) is 41.5 Å². The number of carbonyl (C=O) groups excluding carboxylic acids is 1. The van der Waals surface area contributed by atoms with Crippen LogP contribution in [0.25, 0.3) is 33.9 Å². The van der Waals surface area contributed by atoms with E-state index in [1.54, 1.807) is 42.5 Å². The molecule has 3 atom stereocenters. The van der Waals surface area contributed by atoms with E-state index in [-0.39, 0.29) is 24.0 Å². The number of alkyl carbamates (subject to hydrolysis) is 1. The van der Waals surface area contributed by atoms with Crippen LogP contribution in [-0.2, 0) is 20.9 Å². The van der Waals surface area contributed by atoms with Crippen LogP contribution in [0.5, 0.6) is 0 Å². The maximum absolute atomic E-state index is 15.2. The van der Waals surface area contributed by atoms with E-state index < -0.39 is 19.8 Å². The van der Waals surface area contributed by atoms with E-state index in [0.29, 0.717) is 61.0 Å². The third-order valence-corrected chi connectivity index (χ3v) is 9.44. The molecular formula is C32H44FN7O4Si. The number of hydrogen-bond donors (Lipinski definition) is 1. The van der Waals surface area contributed by atoms with Gasteiger partial charge >= 0.3 is 6.09 Å². The van der Waals surface area contributed by atoms with Crippen molar-refractivity contribution in [2.75, 3.05) is 13.7 Å². The van der Waals surface area contributed by atoms with Crippen molar-refractivity contribution in [2.24, 2.45) is 0 Å². The molecule has 13 heteroatoms. The molecular weight excluding hydrogens is 593 g/mol. The Morgan fingerprint density at radius 3 is 2.62 bits per heavy atom. The van der Waals surface area contributed by atoms with Gasteiger partial charge in [-0.3, -0.25) is 4.98 Å². The number of imidazole rings is 1. The molecule has 1 fully saturated rings. The highest BCUT2D eigenvalue weighted by Gasteiger charge is 2.34. The van der Waals surface area contributed by atoms with Crippen LogP contribution in [0.4, 0.5) is 9.18 Å². The molecule has 11 nitrogen and oxygen atoms in total. The molecule has 1 aliphatic rings. The van der Waals surface area contributed by atoms with Gasteiger partial charge in [0.15, 0.2) is 5.82 Å². The molecule has 0 radical (unpaired) electrons. The Labute approximate surface area is 264 Å². The Hall–Kier alpha value is -3.68. The number of carbonyl (C=O) groups is 1. The lowest BCUT2D eigenvalue weighted by Gasteiger charge is -2.36. The summed E-state index contributed by atoms with van der Waals surface area (Å²) in [5, 5.41) is 7.63. The van der Waals surface area contributed by atoms with Crippen LogP contribution >= 0.6 is 0 Å². The van der Waals surface area contributed by atoms with Crippen molar-refractivity contribution in [3.63, 3.8) is 0 Å². The first-order valence-corrected chi connectivity index (χ1v) is 19.1. The van der Waals surface area contributed by atoms with Crippen molar-refractivity contribution in [1.29, 1.82) is 0 Å². The summed E-state index contributed by atoms with van der Waals surface area (Å²) in [6.45, 7) is 13.4. The monoisotopic (exact) mass is 637 g/mol. The predicted octanol–water partition coefficient (Wildman–Crippen LogP) is 6.44. The first-order valence-electron chi connectivity index (χ1n) is 15.4. The Morgan fingerprint density at radius 2 is 1.91 bits per heavy atom. The molecule has 3 aromatic heterocycles. The number of ether oxygens (including phenoxy) is 3. The summed E-state index contributed by atoms with van der Waals surface area (Å²) in [4.78, 5) is 26.7. The van der Waals surface area contributed by atoms with Gasteiger partial charge in [-0.2, -0.15) is 0 Å². The molecule has 0 saturated heterocycles. The van der Waals surface area contributed by atoms with Gasteiger partial charge in [-0.1, -0.05) is 31.8 Å². The van der Waals surface area contributed by atoms with E-state index in [1.807, 2.05) is 31.4 Å².